The van der Waals surface area contributed by atoms with Crippen LogP contribution in [0.25, 0.3) is 0 Å². The number of carbonyl (C=O) groups is 2. The number of aromatic carboxylic acids is 1. The van der Waals surface area contributed by atoms with Gasteiger partial charge in [-0.25, -0.2) is 4.79 Å². The smallest absolute Gasteiger partial charge is 0.336 e. The molecule has 7 rings (SSSR count). The van der Waals surface area contributed by atoms with Gasteiger partial charge in [-0.2, -0.15) is 0 Å². The van der Waals surface area contributed by atoms with Crippen LogP contribution in [0.1, 0.15) is 64.4 Å². The quantitative estimate of drug-likeness (QED) is 0.500. The number of phenols is 1. The summed E-state index contributed by atoms with van der Waals surface area (Å²) in [4.78, 5) is 27.7. The monoisotopic (exact) mass is 532 g/mol. The molecule has 39 heavy (non-hydrogen) atoms. The topological polar surface area (TPSA) is 108 Å². The number of amides is 1. The van der Waals surface area contributed by atoms with E-state index in [4.69, 9.17) is 9.47 Å². The Morgan fingerprint density at radius 1 is 1.18 bits per heavy atom. The molecule has 1 amide bonds. The van der Waals surface area contributed by atoms with Gasteiger partial charge < -0.3 is 25.0 Å². The maximum atomic E-state index is 13.2. The average molecular weight is 533 g/mol. The van der Waals surface area contributed by atoms with Crippen LogP contribution in [0.4, 0.5) is 0 Å². The van der Waals surface area contributed by atoms with Crippen LogP contribution in [0.15, 0.2) is 36.4 Å². The molecule has 2 heterocycles. The summed E-state index contributed by atoms with van der Waals surface area (Å²) in [6.45, 7) is 4.63. The van der Waals surface area contributed by atoms with Gasteiger partial charge in [-0.15, -0.1) is 0 Å². The lowest BCUT2D eigenvalue weighted by atomic mass is 9.47. The van der Waals surface area contributed by atoms with Gasteiger partial charge in [0.15, 0.2) is 11.5 Å². The number of carboxylic acid groups (broad SMARTS) is 1. The van der Waals surface area contributed by atoms with Crippen LogP contribution >= 0.6 is 0 Å². The first kappa shape index (κ1) is 24.9. The van der Waals surface area contributed by atoms with E-state index in [1.165, 1.54) is 30.0 Å². The van der Waals surface area contributed by atoms with Crippen molar-refractivity contribution in [3.8, 4) is 11.5 Å². The molecule has 3 N–H and O–H groups in total. The highest BCUT2D eigenvalue weighted by Crippen LogP contribution is 2.66. The summed E-state index contributed by atoms with van der Waals surface area (Å²) >= 11 is 0. The second kappa shape index (κ2) is 8.70. The molecule has 2 aliphatic heterocycles. The first-order valence-corrected chi connectivity index (χ1v) is 14.2. The lowest BCUT2D eigenvalue weighted by molar-refractivity contribution is -0.171. The Bertz CT molecular complexity index is 1360. The van der Waals surface area contributed by atoms with Crippen molar-refractivity contribution in [2.75, 3.05) is 26.7 Å². The number of nitrogens with zero attached hydrogens (tertiary/aromatic N) is 1. The second-order valence-corrected chi connectivity index (χ2v) is 12.6. The number of carboxylic acids is 1. The van der Waals surface area contributed by atoms with Gasteiger partial charge in [-0.1, -0.05) is 25.1 Å². The van der Waals surface area contributed by atoms with Crippen molar-refractivity contribution in [3.05, 3.63) is 58.7 Å². The van der Waals surface area contributed by atoms with Crippen molar-refractivity contribution in [3.63, 3.8) is 0 Å². The van der Waals surface area contributed by atoms with Crippen LogP contribution in [-0.4, -0.2) is 72.0 Å². The van der Waals surface area contributed by atoms with Crippen molar-refractivity contribution < 1.29 is 29.3 Å². The van der Waals surface area contributed by atoms with Gasteiger partial charge in [0.25, 0.3) is 5.91 Å². The summed E-state index contributed by atoms with van der Waals surface area (Å²) in [6, 6.07) is 10.5. The SMILES string of the molecule is COC1C2Oc3c(O)ccc4c3C23CCN(CC2CC2)C(C4)C3CC1(C)CNC(=O)c1ccccc1C(=O)O. The lowest BCUT2D eigenvalue weighted by Crippen LogP contribution is -2.71. The third kappa shape index (κ3) is 3.57. The van der Waals surface area contributed by atoms with Crippen LogP contribution in [0.2, 0.25) is 0 Å². The molecule has 1 saturated heterocycles. The van der Waals surface area contributed by atoms with Crippen LogP contribution in [-0.2, 0) is 16.6 Å². The van der Waals surface area contributed by atoms with Crippen LogP contribution in [0.3, 0.4) is 0 Å². The predicted molar refractivity (Wildman–Crippen MR) is 143 cm³/mol. The Hall–Kier alpha value is -3.10. The number of phenolic OH excluding ortho intramolecular Hbond substituents is 1. The fourth-order valence-electron chi connectivity index (χ4n) is 8.54. The molecular formula is C31H36N2O6. The summed E-state index contributed by atoms with van der Waals surface area (Å²) in [7, 11) is 1.71. The number of likely N-dealkylation sites (tertiary alicyclic amines) is 1. The van der Waals surface area contributed by atoms with Crippen LogP contribution in [0.5, 0.6) is 11.5 Å². The number of piperidine rings is 1. The highest BCUT2D eigenvalue weighted by Gasteiger charge is 2.70. The number of aromatic hydroxyl groups is 1. The van der Waals surface area contributed by atoms with Crippen LogP contribution in [0, 0.1) is 17.3 Å². The zero-order chi connectivity index (χ0) is 27.1. The van der Waals surface area contributed by atoms with Crippen molar-refractivity contribution in [1.82, 2.24) is 10.2 Å². The molecule has 8 heteroatoms. The van der Waals surface area contributed by atoms with E-state index in [2.05, 4.69) is 23.2 Å². The molecule has 1 spiro atoms. The van der Waals surface area contributed by atoms with Gasteiger partial charge in [-0.3, -0.25) is 9.69 Å². The Kier molecular flexibility index (Phi) is 5.56. The van der Waals surface area contributed by atoms with Gasteiger partial charge in [-0.05, 0) is 74.2 Å². The number of nitrogens with one attached hydrogen (secondary N) is 1. The van der Waals surface area contributed by atoms with Gasteiger partial charge >= 0.3 is 5.97 Å². The number of methoxy groups -OCH3 is 1. The Balaban J connectivity index is 1.25. The molecule has 6 atom stereocenters. The summed E-state index contributed by atoms with van der Waals surface area (Å²) < 4.78 is 12.9. The zero-order valence-electron chi connectivity index (χ0n) is 22.5. The molecule has 0 aromatic heterocycles. The molecule has 3 fully saturated rings. The summed E-state index contributed by atoms with van der Waals surface area (Å²) in [5, 5.41) is 23.5. The molecule has 2 aromatic rings. The van der Waals surface area contributed by atoms with Gasteiger partial charge in [0.1, 0.15) is 12.2 Å². The van der Waals surface area contributed by atoms with E-state index in [1.807, 2.05) is 0 Å². The number of rotatable bonds is 7. The highest BCUT2D eigenvalue weighted by molar-refractivity contribution is 6.04. The molecule has 0 radical (unpaired) electrons. The Labute approximate surface area is 228 Å². The number of benzene rings is 2. The summed E-state index contributed by atoms with van der Waals surface area (Å²) in [6.07, 6.45) is 4.76. The molecular weight excluding hydrogens is 496 g/mol. The van der Waals surface area contributed by atoms with E-state index >= 15 is 0 Å². The molecule has 3 aliphatic carbocycles. The van der Waals surface area contributed by atoms with Gasteiger partial charge in [0, 0.05) is 42.6 Å². The molecule has 2 saturated carbocycles. The van der Waals surface area contributed by atoms with E-state index in [0.717, 1.165) is 38.3 Å². The molecule has 206 valence electrons. The number of hydrogen-bond acceptors (Lipinski definition) is 6. The van der Waals surface area contributed by atoms with Crippen molar-refractivity contribution in [2.24, 2.45) is 17.3 Å². The van der Waals surface area contributed by atoms with E-state index in [9.17, 15) is 19.8 Å². The van der Waals surface area contributed by atoms with E-state index in [0.29, 0.717) is 24.3 Å². The molecule has 8 nitrogen and oxygen atoms in total. The lowest BCUT2D eigenvalue weighted by Gasteiger charge is -2.63. The summed E-state index contributed by atoms with van der Waals surface area (Å²) in [5.74, 6) is 0.360. The van der Waals surface area contributed by atoms with Crippen LogP contribution < -0.4 is 10.1 Å². The Morgan fingerprint density at radius 2 is 1.95 bits per heavy atom. The molecule has 2 aromatic carbocycles. The summed E-state index contributed by atoms with van der Waals surface area (Å²) in [5.41, 5.74) is 1.91. The number of ether oxygens (including phenoxy) is 2. The molecule has 2 bridgehead atoms. The van der Waals surface area contributed by atoms with Gasteiger partial charge in [0.05, 0.1) is 11.1 Å². The normalized spacial score (nSPS) is 34.2. The number of carbonyl (C=O) groups excluding carboxylic acids is 1. The van der Waals surface area contributed by atoms with E-state index in [-0.39, 0.29) is 34.5 Å². The third-order valence-corrected chi connectivity index (χ3v) is 10.4. The van der Waals surface area contributed by atoms with Crippen molar-refractivity contribution in [1.29, 1.82) is 0 Å². The largest absolute Gasteiger partial charge is 0.504 e. The third-order valence-electron chi connectivity index (χ3n) is 10.4. The van der Waals surface area contributed by atoms with E-state index < -0.39 is 17.3 Å². The minimum Gasteiger partial charge on any atom is -0.504 e. The first-order chi connectivity index (χ1) is 18.8. The second-order valence-electron chi connectivity index (χ2n) is 12.6. The van der Waals surface area contributed by atoms with E-state index in [1.54, 1.807) is 31.4 Å². The fraction of sp³-hybridized carbons (Fsp3) is 0.548. The predicted octanol–water partition coefficient (Wildman–Crippen LogP) is 3.60. The highest BCUT2D eigenvalue weighted by atomic mass is 16.5. The average Bonchev–Trinajstić information content (AvgIpc) is 3.68. The van der Waals surface area contributed by atoms with Crippen molar-refractivity contribution >= 4 is 11.9 Å². The maximum absolute atomic E-state index is 13.2. The zero-order valence-corrected chi connectivity index (χ0v) is 22.5. The minimum absolute atomic E-state index is 0.0128. The first-order valence-electron chi connectivity index (χ1n) is 14.2. The fourth-order valence-corrected chi connectivity index (χ4v) is 8.54. The molecule has 5 aliphatic rings. The minimum atomic E-state index is -1.13. The standard InChI is InChI=1S/C31H36N2O6/c1-30(16-32-28(35)19-5-3-4-6-20(19)29(36)37)14-21-22-13-18-9-10-23(34)25-24(18)31(21,27(39-25)26(30)38-2)11-12-33(22)15-17-7-8-17/h3-6,9-10,17,21-22,26-27,34H,7-8,11-16H2,1-2H3,(H,32,35)(H,36,37). The maximum Gasteiger partial charge on any atom is 0.336 e. The van der Waals surface area contributed by atoms with Gasteiger partial charge in [0.2, 0.25) is 0 Å². The van der Waals surface area contributed by atoms with Crippen molar-refractivity contribution in [2.45, 2.75) is 62.7 Å². The molecule has 6 unspecified atom stereocenters. The number of hydrogen-bond donors (Lipinski definition) is 3. The Morgan fingerprint density at radius 3 is 2.67 bits per heavy atom.